The molecule has 1 aliphatic heterocycles. The Morgan fingerprint density at radius 2 is 1.69 bits per heavy atom. The molecule has 0 bridgehead atoms. The Labute approximate surface area is 244 Å². The van der Waals surface area contributed by atoms with Gasteiger partial charge in [-0.3, -0.25) is 4.90 Å². The number of unbranched alkanes of at least 4 members (excludes halogenated alkanes) is 2. The van der Waals surface area contributed by atoms with Gasteiger partial charge in [-0.15, -0.1) is 0 Å². The fourth-order valence-electron chi connectivity index (χ4n) is 5.60. The van der Waals surface area contributed by atoms with E-state index in [-0.39, 0.29) is 30.5 Å². The molecule has 230 valence electrons. The molecule has 3 aromatic rings. The Morgan fingerprint density at radius 3 is 2.40 bits per heavy atom. The molecule has 2 N–H and O–H groups in total. The van der Waals surface area contributed by atoms with Gasteiger partial charge in [0.2, 0.25) is 0 Å². The summed E-state index contributed by atoms with van der Waals surface area (Å²) in [6, 6.07) is 9.27. The second kappa shape index (κ2) is 14.4. The van der Waals surface area contributed by atoms with Gasteiger partial charge < -0.3 is 24.3 Å². The SMILES string of the molecule is C[C@@H]1Cc2c([nH]c3ccccc23)[C@@H](c2c(F)cc(OCCCCCOCCCOCC(=O)O)cc2F)N1CC(C)(C)F. The molecule has 1 aromatic heterocycles. The van der Waals surface area contributed by atoms with Gasteiger partial charge in [0.1, 0.15) is 29.7 Å². The predicted molar refractivity (Wildman–Crippen MR) is 155 cm³/mol. The summed E-state index contributed by atoms with van der Waals surface area (Å²) in [5.41, 5.74) is 0.909. The lowest BCUT2D eigenvalue weighted by Gasteiger charge is -2.43. The van der Waals surface area contributed by atoms with Crippen molar-refractivity contribution in [3.05, 3.63) is 64.9 Å². The number of nitrogens with zero attached hydrogens (tertiary/aromatic N) is 1. The summed E-state index contributed by atoms with van der Waals surface area (Å²) < 4.78 is 62.5. The predicted octanol–water partition coefficient (Wildman–Crippen LogP) is 6.59. The van der Waals surface area contributed by atoms with Crippen molar-refractivity contribution in [3.63, 3.8) is 0 Å². The zero-order chi connectivity index (χ0) is 30.3. The third-order valence-corrected chi connectivity index (χ3v) is 7.41. The van der Waals surface area contributed by atoms with Crippen molar-refractivity contribution in [3.8, 4) is 5.75 Å². The lowest BCUT2D eigenvalue weighted by atomic mass is 9.87. The number of ether oxygens (including phenoxy) is 3. The first kappa shape index (κ1) is 31.8. The van der Waals surface area contributed by atoms with Gasteiger partial charge in [0.05, 0.1) is 12.6 Å². The molecule has 1 aliphatic rings. The van der Waals surface area contributed by atoms with Crippen LogP contribution in [0.15, 0.2) is 36.4 Å². The van der Waals surface area contributed by atoms with E-state index in [1.54, 1.807) is 0 Å². The van der Waals surface area contributed by atoms with Crippen molar-refractivity contribution >= 4 is 16.9 Å². The standard InChI is InChI=1S/C32H41F3N2O5/c1-21-16-24-23-10-5-6-11-27(23)36-30(24)31(37(21)20-32(2,3)35)29-25(33)17-22(18-26(29)34)42-15-8-4-7-12-40-13-9-14-41-19-28(38)39/h5-6,10-11,17-18,21,31,36H,4,7-9,12-16,19-20H2,1-3H3,(H,38,39)/t21-,31-/m1/s1. The minimum Gasteiger partial charge on any atom is -0.493 e. The van der Waals surface area contributed by atoms with Crippen molar-refractivity contribution in [2.45, 2.75) is 70.6 Å². The van der Waals surface area contributed by atoms with E-state index in [0.29, 0.717) is 51.4 Å². The van der Waals surface area contributed by atoms with Gasteiger partial charge in [-0.1, -0.05) is 18.2 Å². The summed E-state index contributed by atoms with van der Waals surface area (Å²) >= 11 is 0. The summed E-state index contributed by atoms with van der Waals surface area (Å²) in [4.78, 5) is 15.6. The lowest BCUT2D eigenvalue weighted by Crippen LogP contribution is -2.48. The van der Waals surface area contributed by atoms with Crippen LogP contribution in [0.1, 0.15) is 69.3 Å². The number of carbonyl (C=O) groups is 1. The van der Waals surface area contributed by atoms with E-state index >= 15 is 8.78 Å². The molecule has 42 heavy (non-hydrogen) atoms. The van der Waals surface area contributed by atoms with Crippen LogP contribution in [0.2, 0.25) is 0 Å². The summed E-state index contributed by atoms with van der Waals surface area (Å²) in [6.07, 6.45) is 3.56. The first-order valence-corrected chi connectivity index (χ1v) is 14.6. The molecule has 10 heteroatoms. The molecule has 0 saturated carbocycles. The molecule has 0 saturated heterocycles. The van der Waals surface area contributed by atoms with Crippen molar-refractivity contribution in [1.29, 1.82) is 0 Å². The number of alkyl halides is 1. The van der Waals surface area contributed by atoms with Gasteiger partial charge in [-0.05, 0) is 64.5 Å². The van der Waals surface area contributed by atoms with Crippen LogP contribution in [0.5, 0.6) is 5.75 Å². The monoisotopic (exact) mass is 590 g/mol. The molecular formula is C32H41F3N2O5. The molecule has 0 unspecified atom stereocenters. The Kier molecular flexibility index (Phi) is 10.9. The number of carboxylic acids is 1. The number of nitrogens with one attached hydrogen (secondary N) is 1. The van der Waals surface area contributed by atoms with E-state index in [0.717, 1.165) is 29.3 Å². The molecule has 2 heterocycles. The maximum Gasteiger partial charge on any atom is 0.329 e. The Morgan fingerprint density at radius 1 is 1.02 bits per heavy atom. The number of hydrogen-bond acceptors (Lipinski definition) is 5. The molecule has 7 nitrogen and oxygen atoms in total. The van der Waals surface area contributed by atoms with Crippen LogP contribution in [0, 0.1) is 11.6 Å². The highest BCUT2D eigenvalue weighted by molar-refractivity contribution is 5.85. The quantitative estimate of drug-likeness (QED) is 0.183. The second-order valence-corrected chi connectivity index (χ2v) is 11.5. The average Bonchev–Trinajstić information content (AvgIpc) is 3.27. The number of carboxylic acid groups (broad SMARTS) is 1. The topological polar surface area (TPSA) is 84.0 Å². The van der Waals surface area contributed by atoms with Gasteiger partial charge in [0.15, 0.2) is 0 Å². The number of rotatable bonds is 16. The number of hydrogen-bond donors (Lipinski definition) is 2. The van der Waals surface area contributed by atoms with Crippen LogP contribution in [0.3, 0.4) is 0 Å². The van der Waals surface area contributed by atoms with Crippen LogP contribution >= 0.6 is 0 Å². The molecule has 0 aliphatic carbocycles. The van der Waals surface area contributed by atoms with E-state index in [1.165, 1.54) is 26.0 Å². The van der Waals surface area contributed by atoms with Gasteiger partial charge in [-0.25, -0.2) is 18.0 Å². The van der Waals surface area contributed by atoms with Crippen LogP contribution in [0.4, 0.5) is 13.2 Å². The minimum absolute atomic E-state index is 0.0208. The summed E-state index contributed by atoms with van der Waals surface area (Å²) in [6.45, 7) is 6.32. The number of benzene rings is 2. The summed E-state index contributed by atoms with van der Waals surface area (Å²) in [7, 11) is 0. The van der Waals surface area contributed by atoms with Gasteiger partial charge in [0, 0.05) is 66.7 Å². The maximum atomic E-state index is 15.7. The number of aromatic nitrogens is 1. The average molecular weight is 591 g/mol. The molecule has 2 atom stereocenters. The van der Waals surface area contributed by atoms with Crippen molar-refractivity contribution < 1.29 is 37.3 Å². The van der Waals surface area contributed by atoms with Crippen LogP contribution < -0.4 is 4.74 Å². The Balaban J connectivity index is 1.38. The van der Waals surface area contributed by atoms with Crippen LogP contribution in [0.25, 0.3) is 10.9 Å². The lowest BCUT2D eigenvalue weighted by molar-refractivity contribution is -0.142. The van der Waals surface area contributed by atoms with Crippen molar-refractivity contribution in [1.82, 2.24) is 9.88 Å². The highest BCUT2D eigenvalue weighted by atomic mass is 19.1. The van der Waals surface area contributed by atoms with Crippen LogP contribution in [-0.2, 0) is 20.7 Å². The minimum atomic E-state index is -1.56. The molecule has 0 fully saturated rings. The number of para-hydroxylation sites is 1. The first-order chi connectivity index (χ1) is 20.0. The number of aromatic amines is 1. The zero-order valence-corrected chi connectivity index (χ0v) is 24.6. The highest BCUT2D eigenvalue weighted by Gasteiger charge is 2.41. The van der Waals surface area contributed by atoms with Gasteiger partial charge >= 0.3 is 5.97 Å². The number of aliphatic carboxylic acids is 1. The molecule has 4 rings (SSSR count). The van der Waals surface area contributed by atoms with E-state index < -0.39 is 29.3 Å². The Hall–Kier alpha value is -3.08. The van der Waals surface area contributed by atoms with Crippen LogP contribution in [-0.4, -0.2) is 72.2 Å². The Bertz CT molecular complexity index is 1320. The molecular weight excluding hydrogens is 549 g/mol. The fraction of sp³-hybridized carbons (Fsp3) is 0.531. The van der Waals surface area contributed by atoms with E-state index in [9.17, 15) is 9.18 Å². The van der Waals surface area contributed by atoms with E-state index in [1.807, 2.05) is 36.1 Å². The number of halogens is 3. The highest BCUT2D eigenvalue weighted by Crippen LogP contribution is 2.43. The molecule has 0 spiro atoms. The first-order valence-electron chi connectivity index (χ1n) is 14.6. The molecule has 0 amide bonds. The van der Waals surface area contributed by atoms with Gasteiger partial charge in [0.25, 0.3) is 0 Å². The number of H-pyrrole nitrogens is 1. The maximum absolute atomic E-state index is 15.7. The smallest absolute Gasteiger partial charge is 0.329 e. The third kappa shape index (κ3) is 8.26. The van der Waals surface area contributed by atoms with Gasteiger partial charge in [-0.2, -0.15) is 0 Å². The number of fused-ring (bicyclic) bond motifs is 3. The second-order valence-electron chi connectivity index (χ2n) is 11.5. The molecule has 2 aromatic carbocycles. The summed E-state index contributed by atoms with van der Waals surface area (Å²) in [5, 5.41) is 9.53. The van der Waals surface area contributed by atoms with Crippen molar-refractivity contribution in [2.24, 2.45) is 0 Å². The van der Waals surface area contributed by atoms with E-state index in [4.69, 9.17) is 19.3 Å². The third-order valence-electron chi connectivity index (χ3n) is 7.41. The normalized spacial score (nSPS) is 17.5. The molecule has 0 radical (unpaired) electrons. The van der Waals surface area contributed by atoms with Crippen molar-refractivity contribution in [2.75, 3.05) is 39.6 Å². The largest absolute Gasteiger partial charge is 0.493 e. The zero-order valence-electron chi connectivity index (χ0n) is 24.6. The van der Waals surface area contributed by atoms with E-state index in [2.05, 4.69) is 4.98 Å². The fourth-order valence-corrected chi connectivity index (χ4v) is 5.60. The summed E-state index contributed by atoms with van der Waals surface area (Å²) in [5.74, 6) is -2.33.